The Morgan fingerprint density at radius 2 is 2.00 bits per heavy atom. The number of hydrogen-bond donors (Lipinski definition) is 1. The second kappa shape index (κ2) is 5.57. The number of Topliss-reactive ketones (excluding diaryl/α,β-unsaturated/α-hetero) is 1. The molecule has 90 valence electrons. The standard InChI is InChI=1S/C13H16N2O2/c16-12(10-5-2-1-3-6-10)13(17)15-11-7-4-8-14-9-11/h4,7-10H,1-3,5-6H2,(H,15,17). The Hall–Kier alpha value is -1.71. The van der Waals surface area contributed by atoms with Crippen molar-refractivity contribution >= 4 is 17.4 Å². The van der Waals surface area contributed by atoms with E-state index in [4.69, 9.17) is 0 Å². The fraction of sp³-hybridized carbons (Fsp3) is 0.462. The first-order chi connectivity index (χ1) is 8.27. The molecule has 0 unspecified atom stereocenters. The molecule has 1 heterocycles. The summed E-state index contributed by atoms with van der Waals surface area (Å²) in [6, 6.07) is 3.44. The van der Waals surface area contributed by atoms with Gasteiger partial charge in [0.15, 0.2) is 0 Å². The Balaban J connectivity index is 1.93. The molecule has 17 heavy (non-hydrogen) atoms. The van der Waals surface area contributed by atoms with E-state index < -0.39 is 5.91 Å². The SMILES string of the molecule is O=C(Nc1cccnc1)C(=O)C1CCCCC1. The van der Waals surface area contributed by atoms with Crippen LogP contribution >= 0.6 is 0 Å². The van der Waals surface area contributed by atoms with Crippen molar-refractivity contribution in [2.24, 2.45) is 5.92 Å². The third-order valence-electron chi connectivity index (χ3n) is 3.12. The molecule has 1 amide bonds. The Kier molecular flexibility index (Phi) is 3.85. The molecule has 1 fully saturated rings. The number of nitrogens with zero attached hydrogens (tertiary/aromatic N) is 1. The number of hydrogen-bond acceptors (Lipinski definition) is 3. The van der Waals surface area contributed by atoms with Gasteiger partial charge in [-0.25, -0.2) is 0 Å². The number of ketones is 1. The Labute approximate surface area is 100 Å². The highest BCUT2D eigenvalue weighted by Gasteiger charge is 2.26. The van der Waals surface area contributed by atoms with Gasteiger partial charge in [-0.3, -0.25) is 14.6 Å². The van der Waals surface area contributed by atoms with Crippen molar-refractivity contribution in [1.82, 2.24) is 4.98 Å². The molecule has 1 saturated carbocycles. The highest BCUT2D eigenvalue weighted by atomic mass is 16.2. The second-order valence-electron chi connectivity index (χ2n) is 4.40. The zero-order valence-corrected chi connectivity index (χ0v) is 9.69. The molecular weight excluding hydrogens is 216 g/mol. The van der Waals surface area contributed by atoms with Gasteiger partial charge in [0.05, 0.1) is 11.9 Å². The van der Waals surface area contributed by atoms with Gasteiger partial charge in [-0.2, -0.15) is 0 Å². The van der Waals surface area contributed by atoms with Crippen molar-refractivity contribution in [3.8, 4) is 0 Å². The zero-order valence-electron chi connectivity index (χ0n) is 9.69. The average molecular weight is 232 g/mol. The van der Waals surface area contributed by atoms with E-state index in [2.05, 4.69) is 10.3 Å². The molecule has 1 aromatic rings. The van der Waals surface area contributed by atoms with Crippen LogP contribution in [0.4, 0.5) is 5.69 Å². The molecule has 0 bridgehead atoms. The van der Waals surface area contributed by atoms with Crippen molar-refractivity contribution in [3.63, 3.8) is 0 Å². The summed E-state index contributed by atoms with van der Waals surface area (Å²) in [7, 11) is 0. The first-order valence-electron chi connectivity index (χ1n) is 6.02. The van der Waals surface area contributed by atoms with Crippen molar-refractivity contribution in [2.75, 3.05) is 5.32 Å². The number of aromatic nitrogens is 1. The van der Waals surface area contributed by atoms with Gasteiger partial charge < -0.3 is 5.32 Å². The minimum atomic E-state index is -0.509. The van der Waals surface area contributed by atoms with Gasteiger partial charge >= 0.3 is 0 Å². The van der Waals surface area contributed by atoms with E-state index in [1.165, 1.54) is 12.6 Å². The van der Waals surface area contributed by atoms with E-state index in [0.717, 1.165) is 25.7 Å². The Bertz CT molecular complexity index is 397. The highest BCUT2D eigenvalue weighted by Crippen LogP contribution is 2.24. The predicted octanol–water partition coefficient (Wildman–Crippen LogP) is 2.17. The summed E-state index contributed by atoms with van der Waals surface area (Å²) in [5, 5.41) is 2.59. The third kappa shape index (κ3) is 3.12. The number of pyridine rings is 1. The van der Waals surface area contributed by atoms with E-state index >= 15 is 0 Å². The summed E-state index contributed by atoms with van der Waals surface area (Å²) >= 11 is 0. The number of nitrogens with one attached hydrogen (secondary N) is 1. The lowest BCUT2D eigenvalue weighted by molar-refractivity contribution is -0.137. The number of anilines is 1. The van der Waals surface area contributed by atoms with Crippen LogP contribution in [0.15, 0.2) is 24.5 Å². The van der Waals surface area contributed by atoms with E-state index in [1.807, 2.05) is 0 Å². The number of amides is 1. The first-order valence-corrected chi connectivity index (χ1v) is 6.02. The van der Waals surface area contributed by atoms with Gasteiger partial charge in [0.2, 0.25) is 5.78 Å². The molecule has 1 N–H and O–H groups in total. The molecule has 1 aromatic heterocycles. The van der Waals surface area contributed by atoms with Gasteiger partial charge in [0, 0.05) is 12.1 Å². The molecular formula is C13H16N2O2. The molecule has 4 nitrogen and oxygen atoms in total. The number of carbonyl (C=O) groups is 2. The second-order valence-corrected chi connectivity index (χ2v) is 4.40. The van der Waals surface area contributed by atoms with Crippen LogP contribution in [0.5, 0.6) is 0 Å². The zero-order chi connectivity index (χ0) is 12.1. The monoisotopic (exact) mass is 232 g/mol. The molecule has 0 aliphatic heterocycles. The molecule has 0 atom stereocenters. The molecule has 0 saturated heterocycles. The molecule has 2 rings (SSSR count). The van der Waals surface area contributed by atoms with Gasteiger partial charge in [-0.15, -0.1) is 0 Å². The van der Waals surface area contributed by atoms with Gasteiger partial charge in [-0.05, 0) is 25.0 Å². The number of rotatable bonds is 3. The van der Waals surface area contributed by atoms with Gasteiger partial charge in [-0.1, -0.05) is 19.3 Å². The van der Waals surface area contributed by atoms with Gasteiger partial charge in [0.25, 0.3) is 5.91 Å². The number of carbonyl (C=O) groups excluding carboxylic acids is 2. The van der Waals surface area contributed by atoms with E-state index in [-0.39, 0.29) is 11.7 Å². The minimum absolute atomic E-state index is 0.0829. The van der Waals surface area contributed by atoms with Crippen molar-refractivity contribution in [2.45, 2.75) is 32.1 Å². The lowest BCUT2D eigenvalue weighted by Crippen LogP contribution is -2.30. The summed E-state index contributed by atoms with van der Waals surface area (Å²) in [4.78, 5) is 27.5. The topological polar surface area (TPSA) is 59.1 Å². The van der Waals surface area contributed by atoms with E-state index in [1.54, 1.807) is 18.3 Å². The first kappa shape index (κ1) is 11.8. The maximum absolute atomic E-state index is 11.9. The summed E-state index contributed by atoms with van der Waals surface area (Å²) in [5.41, 5.74) is 0.571. The van der Waals surface area contributed by atoms with Crippen LogP contribution in [0, 0.1) is 5.92 Å². The van der Waals surface area contributed by atoms with Crippen LogP contribution in [-0.2, 0) is 9.59 Å². The lowest BCUT2D eigenvalue weighted by atomic mass is 9.86. The molecule has 4 heteroatoms. The maximum Gasteiger partial charge on any atom is 0.292 e. The van der Waals surface area contributed by atoms with E-state index in [9.17, 15) is 9.59 Å². The van der Waals surface area contributed by atoms with E-state index in [0.29, 0.717) is 5.69 Å². The average Bonchev–Trinajstić information content (AvgIpc) is 2.40. The quantitative estimate of drug-likeness (QED) is 0.812. The van der Waals surface area contributed by atoms with Crippen LogP contribution in [0.3, 0.4) is 0 Å². The smallest absolute Gasteiger partial charge is 0.292 e. The van der Waals surface area contributed by atoms with Crippen LogP contribution in [0.25, 0.3) is 0 Å². The molecule has 0 spiro atoms. The van der Waals surface area contributed by atoms with Crippen LogP contribution in [0.2, 0.25) is 0 Å². The van der Waals surface area contributed by atoms with Crippen LogP contribution in [-0.4, -0.2) is 16.7 Å². The highest BCUT2D eigenvalue weighted by molar-refractivity contribution is 6.41. The normalized spacial score (nSPS) is 16.5. The van der Waals surface area contributed by atoms with Crippen LogP contribution in [0.1, 0.15) is 32.1 Å². The van der Waals surface area contributed by atoms with Crippen molar-refractivity contribution < 1.29 is 9.59 Å². The summed E-state index contributed by atoms with van der Waals surface area (Å²) < 4.78 is 0. The van der Waals surface area contributed by atoms with Crippen molar-refractivity contribution in [3.05, 3.63) is 24.5 Å². The Morgan fingerprint density at radius 3 is 2.65 bits per heavy atom. The lowest BCUT2D eigenvalue weighted by Gasteiger charge is -2.19. The molecule has 1 aliphatic rings. The molecule has 1 aliphatic carbocycles. The van der Waals surface area contributed by atoms with Gasteiger partial charge in [0.1, 0.15) is 0 Å². The third-order valence-corrected chi connectivity index (χ3v) is 3.12. The minimum Gasteiger partial charge on any atom is -0.318 e. The molecule has 0 radical (unpaired) electrons. The predicted molar refractivity (Wildman–Crippen MR) is 64.4 cm³/mol. The maximum atomic E-state index is 11.9. The van der Waals surface area contributed by atoms with Crippen LogP contribution < -0.4 is 5.32 Å². The fourth-order valence-electron chi connectivity index (χ4n) is 2.18. The largest absolute Gasteiger partial charge is 0.318 e. The summed E-state index contributed by atoms with van der Waals surface area (Å²) in [5.74, 6) is -0.876. The summed E-state index contributed by atoms with van der Waals surface area (Å²) in [6.07, 6.45) is 8.13. The Morgan fingerprint density at radius 1 is 1.24 bits per heavy atom. The fourth-order valence-corrected chi connectivity index (χ4v) is 2.18. The van der Waals surface area contributed by atoms with Crippen molar-refractivity contribution in [1.29, 1.82) is 0 Å². The summed E-state index contributed by atoms with van der Waals surface area (Å²) in [6.45, 7) is 0. The molecule has 0 aromatic carbocycles.